The van der Waals surface area contributed by atoms with Crippen LogP contribution in [-0.2, 0) is 0 Å². The highest BCUT2D eigenvalue weighted by molar-refractivity contribution is 6.43. The van der Waals surface area contributed by atoms with Crippen LogP contribution in [0.25, 0.3) is 0 Å². The summed E-state index contributed by atoms with van der Waals surface area (Å²) in [5.41, 5.74) is 6.76. The number of nitrogens with two attached hydrogens (primary N) is 1. The average Bonchev–Trinajstić information content (AvgIpc) is 2.11. The quantitative estimate of drug-likeness (QED) is 0.863. The average molecular weight is 283 g/mol. The number of phenolic OH excluding ortho intramolecular Hbond substituents is 1. The maximum Gasteiger partial charge on any atom is 0.140 e. The highest BCUT2D eigenvalue weighted by Gasteiger charge is 2.28. The molecule has 0 spiro atoms. The van der Waals surface area contributed by atoms with Crippen LogP contribution < -0.4 is 5.73 Å². The van der Waals surface area contributed by atoms with Crippen LogP contribution in [0.3, 0.4) is 0 Å². The number of hydrogen-bond donors (Lipinski definition) is 2. The summed E-state index contributed by atoms with van der Waals surface area (Å²) in [6.45, 7) is 0. The number of benzene rings is 1. The molecule has 0 aliphatic heterocycles. The Balaban J connectivity index is 0.00000128. The van der Waals surface area contributed by atoms with E-state index in [4.69, 9.17) is 28.9 Å². The molecule has 0 bridgehead atoms. The molecule has 5 heteroatoms. The lowest BCUT2D eigenvalue weighted by Gasteiger charge is -2.31. The van der Waals surface area contributed by atoms with Gasteiger partial charge in [-0.25, -0.2) is 0 Å². The van der Waals surface area contributed by atoms with Gasteiger partial charge < -0.3 is 10.8 Å². The molecule has 1 aromatic carbocycles. The van der Waals surface area contributed by atoms with E-state index < -0.39 is 0 Å². The van der Waals surface area contributed by atoms with Crippen molar-refractivity contribution in [1.82, 2.24) is 0 Å². The molecule has 0 unspecified atom stereocenters. The van der Waals surface area contributed by atoms with Gasteiger partial charge in [-0.1, -0.05) is 35.7 Å². The van der Waals surface area contributed by atoms with Crippen LogP contribution in [-0.4, -0.2) is 5.11 Å². The van der Waals surface area contributed by atoms with Crippen LogP contribution in [0.5, 0.6) is 5.75 Å². The topological polar surface area (TPSA) is 46.2 Å². The van der Waals surface area contributed by atoms with E-state index in [1.807, 2.05) is 0 Å². The molecule has 1 aliphatic carbocycles. The zero-order valence-electron chi connectivity index (χ0n) is 8.62. The zero-order valence-corrected chi connectivity index (χ0v) is 10.9. The highest BCUT2D eigenvalue weighted by atomic mass is 35.5. The third-order valence-electron chi connectivity index (χ3n) is 3.12. The number of aromatic hydroxyl groups is 1. The number of rotatable bonds is 2. The molecule has 2 rings (SSSR count). The summed E-state index contributed by atoms with van der Waals surface area (Å²) in [5, 5.41) is 10.4. The molecule has 0 radical (unpaired) electrons. The molecule has 1 aliphatic rings. The molecule has 16 heavy (non-hydrogen) atoms. The number of phenols is 1. The lowest BCUT2D eigenvalue weighted by molar-refractivity contribution is 0.260. The lowest BCUT2D eigenvalue weighted by Crippen LogP contribution is -2.26. The van der Waals surface area contributed by atoms with Gasteiger partial charge in [0.1, 0.15) is 10.8 Å². The summed E-state index contributed by atoms with van der Waals surface area (Å²) in [4.78, 5) is 0. The zero-order chi connectivity index (χ0) is 11.0. The van der Waals surface area contributed by atoms with Crippen molar-refractivity contribution in [2.45, 2.75) is 25.3 Å². The molecule has 0 amide bonds. The molecule has 1 aromatic rings. The Morgan fingerprint density at radius 2 is 1.94 bits per heavy atom. The summed E-state index contributed by atoms with van der Waals surface area (Å²) in [7, 11) is 0. The minimum atomic E-state index is -0.131. The standard InChI is InChI=1S/C11H13Cl2NO.ClH/c12-8-5-4-7(11(15)9(8)13)10(14)6-2-1-3-6;/h4-6,10,15H,1-3,14H2;1H/t10-;/m1./s1. The van der Waals surface area contributed by atoms with Crippen molar-refractivity contribution in [2.24, 2.45) is 11.7 Å². The Kier molecular flexibility index (Phi) is 4.74. The maximum atomic E-state index is 9.82. The third-order valence-corrected chi connectivity index (χ3v) is 3.91. The van der Waals surface area contributed by atoms with E-state index in [1.54, 1.807) is 12.1 Å². The summed E-state index contributed by atoms with van der Waals surface area (Å²) in [5.74, 6) is 0.497. The van der Waals surface area contributed by atoms with E-state index in [9.17, 15) is 5.11 Å². The normalized spacial score (nSPS) is 17.4. The van der Waals surface area contributed by atoms with Gasteiger partial charge in [0.2, 0.25) is 0 Å². The fourth-order valence-electron chi connectivity index (χ4n) is 1.88. The number of hydrogen-bond acceptors (Lipinski definition) is 2. The minimum absolute atomic E-state index is 0. The summed E-state index contributed by atoms with van der Waals surface area (Å²) in [6.07, 6.45) is 3.47. The van der Waals surface area contributed by atoms with Crippen LogP contribution in [0.1, 0.15) is 30.9 Å². The maximum absolute atomic E-state index is 9.82. The van der Waals surface area contributed by atoms with Crippen LogP contribution >= 0.6 is 35.6 Å². The van der Waals surface area contributed by atoms with Crippen molar-refractivity contribution in [3.8, 4) is 5.75 Å². The first-order chi connectivity index (χ1) is 7.11. The molecule has 2 nitrogen and oxygen atoms in total. The first-order valence-electron chi connectivity index (χ1n) is 5.03. The van der Waals surface area contributed by atoms with Crippen LogP contribution in [0, 0.1) is 5.92 Å². The molecule has 1 atom stereocenters. The van der Waals surface area contributed by atoms with Crippen molar-refractivity contribution in [3.05, 3.63) is 27.7 Å². The molecular formula is C11H14Cl3NO. The molecule has 3 N–H and O–H groups in total. The van der Waals surface area contributed by atoms with Gasteiger partial charge in [-0.2, -0.15) is 0 Å². The summed E-state index contributed by atoms with van der Waals surface area (Å²) in [6, 6.07) is 3.30. The number of halogens is 3. The predicted molar refractivity (Wildman–Crippen MR) is 69.6 cm³/mol. The first kappa shape index (κ1) is 13.9. The largest absolute Gasteiger partial charge is 0.506 e. The van der Waals surface area contributed by atoms with E-state index >= 15 is 0 Å². The second-order valence-electron chi connectivity index (χ2n) is 4.02. The smallest absolute Gasteiger partial charge is 0.140 e. The fraction of sp³-hybridized carbons (Fsp3) is 0.455. The summed E-state index contributed by atoms with van der Waals surface area (Å²) < 4.78 is 0. The molecule has 0 aromatic heterocycles. The van der Waals surface area contributed by atoms with Crippen LogP contribution in [0.2, 0.25) is 10.0 Å². The van der Waals surface area contributed by atoms with E-state index in [0.29, 0.717) is 16.5 Å². The van der Waals surface area contributed by atoms with Gasteiger partial charge in [0, 0.05) is 11.6 Å². The Hall–Kier alpha value is -0.150. The lowest BCUT2D eigenvalue weighted by atomic mass is 9.77. The molecule has 0 heterocycles. The Morgan fingerprint density at radius 1 is 1.31 bits per heavy atom. The first-order valence-corrected chi connectivity index (χ1v) is 5.79. The molecular weight excluding hydrogens is 268 g/mol. The van der Waals surface area contributed by atoms with Gasteiger partial charge in [-0.15, -0.1) is 12.4 Å². The van der Waals surface area contributed by atoms with Gasteiger partial charge in [-0.05, 0) is 24.8 Å². The van der Waals surface area contributed by atoms with E-state index in [1.165, 1.54) is 6.42 Å². The molecule has 90 valence electrons. The van der Waals surface area contributed by atoms with Crippen molar-refractivity contribution >= 4 is 35.6 Å². The van der Waals surface area contributed by atoms with E-state index in [-0.39, 0.29) is 29.2 Å². The highest BCUT2D eigenvalue weighted by Crippen LogP contribution is 2.42. The Morgan fingerprint density at radius 3 is 2.44 bits per heavy atom. The van der Waals surface area contributed by atoms with Crippen molar-refractivity contribution in [1.29, 1.82) is 0 Å². The van der Waals surface area contributed by atoms with Crippen molar-refractivity contribution < 1.29 is 5.11 Å². The van der Waals surface area contributed by atoms with Gasteiger partial charge in [0.15, 0.2) is 0 Å². The monoisotopic (exact) mass is 281 g/mol. The molecule has 1 saturated carbocycles. The van der Waals surface area contributed by atoms with Crippen LogP contribution in [0.15, 0.2) is 12.1 Å². The van der Waals surface area contributed by atoms with Gasteiger partial charge >= 0.3 is 0 Å². The third kappa shape index (κ3) is 2.40. The predicted octanol–water partition coefficient (Wildman–Crippen LogP) is 3.92. The Bertz CT molecular complexity index is 380. The SMILES string of the molecule is Cl.N[C@@H](c1ccc(Cl)c(Cl)c1O)C1CCC1. The second-order valence-corrected chi connectivity index (χ2v) is 4.80. The molecule has 1 fully saturated rings. The van der Waals surface area contributed by atoms with Crippen molar-refractivity contribution in [2.75, 3.05) is 0 Å². The van der Waals surface area contributed by atoms with Gasteiger partial charge in [0.05, 0.1) is 5.02 Å². The second kappa shape index (κ2) is 5.46. The van der Waals surface area contributed by atoms with Gasteiger partial charge in [0.25, 0.3) is 0 Å². The Labute approximate surface area is 111 Å². The van der Waals surface area contributed by atoms with Crippen LogP contribution in [0.4, 0.5) is 0 Å². The minimum Gasteiger partial charge on any atom is -0.506 e. The molecule has 0 saturated heterocycles. The van der Waals surface area contributed by atoms with Crippen molar-refractivity contribution in [3.63, 3.8) is 0 Å². The van der Waals surface area contributed by atoms with E-state index in [2.05, 4.69) is 0 Å². The summed E-state index contributed by atoms with van der Waals surface area (Å²) >= 11 is 11.6. The van der Waals surface area contributed by atoms with E-state index in [0.717, 1.165) is 12.8 Å². The van der Waals surface area contributed by atoms with Gasteiger partial charge in [-0.3, -0.25) is 0 Å². The fourth-order valence-corrected chi connectivity index (χ4v) is 2.20.